The number of benzene rings is 5. The summed E-state index contributed by atoms with van der Waals surface area (Å²) in [5.74, 6) is 0. The monoisotopic (exact) mass is 441 g/mol. The van der Waals surface area contributed by atoms with Crippen LogP contribution in [-0.2, 0) is 0 Å². The van der Waals surface area contributed by atoms with Crippen LogP contribution >= 0.6 is 0 Å². The molecule has 0 radical (unpaired) electrons. The van der Waals surface area contributed by atoms with E-state index in [-0.39, 0.29) is 6.17 Å². The maximum absolute atomic E-state index is 3.63. The lowest BCUT2D eigenvalue weighted by Crippen LogP contribution is -2.20. The first-order valence-electron chi connectivity index (χ1n) is 11.5. The van der Waals surface area contributed by atoms with Gasteiger partial charge in [-0.2, -0.15) is 0 Å². The zero-order chi connectivity index (χ0) is 23.0. The van der Waals surface area contributed by atoms with E-state index in [0.717, 1.165) is 34.0 Å². The van der Waals surface area contributed by atoms with E-state index in [1.165, 1.54) is 0 Å². The first-order chi connectivity index (χ1) is 16.9. The molecule has 0 atom stereocenters. The van der Waals surface area contributed by atoms with Crippen LogP contribution in [0, 0.1) is 0 Å². The normalized spacial score (nSPS) is 10.6. The van der Waals surface area contributed by atoms with Crippen LogP contribution in [0.1, 0.15) is 11.7 Å². The molecule has 3 nitrogen and oxygen atoms in total. The molecule has 0 aliphatic rings. The lowest BCUT2D eigenvalue weighted by molar-refractivity contribution is 0.902. The van der Waals surface area contributed by atoms with Gasteiger partial charge in [-0.1, -0.05) is 84.9 Å². The molecule has 0 aliphatic heterocycles. The van der Waals surface area contributed by atoms with Gasteiger partial charge in [-0.3, -0.25) is 0 Å². The number of anilines is 5. The van der Waals surface area contributed by atoms with E-state index in [9.17, 15) is 0 Å². The van der Waals surface area contributed by atoms with Gasteiger partial charge in [-0.15, -0.1) is 0 Å². The Morgan fingerprint density at radius 1 is 0.382 bits per heavy atom. The molecule has 0 spiro atoms. The molecule has 0 aliphatic carbocycles. The van der Waals surface area contributed by atoms with E-state index in [1.807, 2.05) is 48.5 Å². The van der Waals surface area contributed by atoms with Crippen molar-refractivity contribution in [2.75, 3.05) is 15.5 Å². The smallest absolute Gasteiger partial charge is 0.123 e. The third kappa shape index (κ3) is 5.11. The topological polar surface area (TPSA) is 27.3 Å². The molecule has 0 aromatic heterocycles. The number of para-hydroxylation sites is 4. The van der Waals surface area contributed by atoms with Crippen LogP contribution in [0.3, 0.4) is 0 Å². The minimum atomic E-state index is -0.0826. The zero-order valence-corrected chi connectivity index (χ0v) is 18.9. The van der Waals surface area contributed by atoms with Gasteiger partial charge in [-0.25, -0.2) is 0 Å². The van der Waals surface area contributed by atoms with Crippen LogP contribution in [0.25, 0.3) is 0 Å². The Kier molecular flexibility index (Phi) is 6.54. The minimum absolute atomic E-state index is 0.0826. The standard InChI is InChI=1S/C31H27N3/c1-5-13-26(14-6-1)32-31(33-27-15-7-2-8-16-27)25-21-23-30(24-22-25)34(28-17-9-3-10-18-28)29-19-11-4-12-20-29/h1-24,31-33H. The van der Waals surface area contributed by atoms with Crippen LogP contribution in [0.4, 0.5) is 28.4 Å². The van der Waals surface area contributed by atoms with Crippen molar-refractivity contribution < 1.29 is 0 Å². The summed E-state index contributed by atoms with van der Waals surface area (Å²) in [5, 5.41) is 7.26. The molecule has 0 fully saturated rings. The van der Waals surface area contributed by atoms with Crippen LogP contribution < -0.4 is 15.5 Å². The first kappa shape index (κ1) is 21.4. The van der Waals surface area contributed by atoms with Gasteiger partial charge >= 0.3 is 0 Å². The highest BCUT2D eigenvalue weighted by Crippen LogP contribution is 2.35. The summed E-state index contributed by atoms with van der Waals surface area (Å²) in [5.41, 5.74) is 6.65. The van der Waals surface area contributed by atoms with Crippen molar-refractivity contribution in [3.05, 3.63) is 151 Å². The lowest BCUT2D eigenvalue weighted by atomic mass is 10.1. The number of rotatable bonds is 8. The Bertz CT molecular complexity index is 1190. The molecule has 0 bridgehead atoms. The van der Waals surface area contributed by atoms with Gasteiger partial charge in [0.25, 0.3) is 0 Å². The van der Waals surface area contributed by atoms with E-state index in [1.54, 1.807) is 0 Å². The first-order valence-corrected chi connectivity index (χ1v) is 11.5. The molecule has 0 amide bonds. The van der Waals surface area contributed by atoms with Crippen molar-refractivity contribution in [1.29, 1.82) is 0 Å². The van der Waals surface area contributed by atoms with Gasteiger partial charge in [-0.05, 0) is 66.2 Å². The number of hydrogen-bond acceptors (Lipinski definition) is 3. The Labute approximate surface area is 201 Å². The summed E-state index contributed by atoms with van der Waals surface area (Å²) < 4.78 is 0. The Balaban J connectivity index is 1.48. The Morgan fingerprint density at radius 3 is 1.15 bits per heavy atom. The average Bonchev–Trinajstić information content (AvgIpc) is 2.91. The zero-order valence-electron chi connectivity index (χ0n) is 18.9. The van der Waals surface area contributed by atoms with E-state index in [0.29, 0.717) is 0 Å². The summed E-state index contributed by atoms with van der Waals surface area (Å²) in [7, 11) is 0. The predicted molar refractivity (Wildman–Crippen MR) is 144 cm³/mol. The maximum atomic E-state index is 3.63. The second-order valence-corrected chi connectivity index (χ2v) is 8.05. The minimum Gasteiger partial charge on any atom is -0.362 e. The summed E-state index contributed by atoms with van der Waals surface area (Å²) >= 11 is 0. The number of nitrogens with one attached hydrogen (secondary N) is 2. The molecule has 5 rings (SSSR count). The molecule has 3 heteroatoms. The van der Waals surface area contributed by atoms with Gasteiger partial charge < -0.3 is 15.5 Å². The second-order valence-electron chi connectivity index (χ2n) is 8.05. The van der Waals surface area contributed by atoms with E-state index in [2.05, 4.69) is 113 Å². The second kappa shape index (κ2) is 10.4. The molecule has 0 heterocycles. The number of hydrogen-bond donors (Lipinski definition) is 2. The van der Waals surface area contributed by atoms with Crippen molar-refractivity contribution in [3.63, 3.8) is 0 Å². The Morgan fingerprint density at radius 2 is 0.735 bits per heavy atom. The van der Waals surface area contributed by atoms with Gasteiger partial charge in [0.05, 0.1) is 0 Å². The molecule has 5 aromatic carbocycles. The molecule has 5 aromatic rings. The number of nitrogens with zero attached hydrogens (tertiary/aromatic N) is 1. The highest BCUT2D eigenvalue weighted by Gasteiger charge is 2.15. The van der Waals surface area contributed by atoms with Crippen LogP contribution in [0.5, 0.6) is 0 Å². The van der Waals surface area contributed by atoms with Crippen molar-refractivity contribution >= 4 is 28.4 Å². The molecule has 0 saturated carbocycles. The van der Waals surface area contributed by atoms with E-state index < -0.39 is 0 Å². The quantitative estimate of drug-likeness (QED) is 0.237. The lowest BCUT2D eigenvalue weighted by Gasteiger charge is -2.27. The highest BCUT2D eigenvalue weighted by atomic mass is 15.1. The average molecular weight is 442 g/mol. The molecule has 166 valence electrons. The fourth-order valence-electron chi connectivity index (χ4n) is 4.02. The maximum Gasteiger partial charge on any atom is 0.123 e. The van der Waals surface area contributed by atoms with Crippen molar-refractivity contribution in [2.24, 2.45) is 0 Å². The highest BCUT2D eigenvalue weighted by molar-refractivity contribution is 5.76. The fraction of sp³-hybridized carbons (Fsp3) is 0.0323. The summed E-state index contributed by atoms with van der Waals surface area (Å²) in [6.07, 6.45) is -0.0826. The molecule has 0 saturated heterocycles. The summed E-state index contributed by atoms with van der Waals surface area (Å²) in [6.45, 7) is 0. The summed E-state index contributed by atoms with van der Waals surface area (Å²) in [4.78, 5) is 2.27. The van der Waals surface area contributed by atoms with Gasteiger partial charge in [0.1, 0.15) is 6.17 Å². The Hall–Kier alpha value is -4.50. The van der Waals surface area contributed by atoms with Crippen molar-refractivity contribution in [1.82, 2.24) is 0 Å². The van der Waals surface area contributed by atoms with Gasteiger partial charge in [0.2, 0.25) is 0 Å². The predicted octanol–water partition coefficient (Wildman–Crippen LogP) is 8.38. The fourth-order valence-corrected chi connectivity index (χ4v) is 4.02. The van der Waals surface area contributed by atoms with Crippen molar-refractivity contribution in [3.8, 4) is 0 Å². The van der Waals surface area contributed by atoms with E-state index >= 15 is 0 Å². The van der Waals surface area contributed by atoms with Crippen LogP contribution in [0.15, 0.2) is 146 Å². The molecule has 2 N–H and O–H groups in total. The molecule has 34 heavy (non-hydrogen) atoms. The third-order valence-electron chi connectivity index (χ3n) is 5.68. The summed E-state index contributed by atoms with van der Waals surface area (Å²) in [6, 6.07) is 50.2. The molecular formula is C31H27N3. The van der Waals surface area contributed by atoms with Crippen molar-refractivity contribution in [2.45, 2.75) is 6.17 Å². The van der Waals surface area contributed by atoms with Gasteiger partial charge in [0.15, 0.2) is 0 Å². The SMILES string of the molecule is c1ccc(NC(Nc2ccccc2)c2ccc(N(c3ccccc3)c3ccccc3)cc2)cc1. The molecule has 0 unspecified atom stereocenters. The van der Waals surface area contributed by atoms with Crippen LogP contribution in [0.2, 0.25) is 0 Å². The largest absolute Gasteiger partial charge is 0.362 e. The molecular weight excluding hydrogens is 414 g/mol. The van der Waals surface area contributed by atoms with E-state index in [4.69, 9.17) is 0 Å². The van der Waals surface area contributed by atoms with Crippen LogP contribution in [-0.4, -0.2) is 0 Å². The van der Waals surface area contributed by atoms with Gasteiger partial charge in [0, 0.05) is 28.4 Å². The third-order valence-corrected chi connectivity index (χ3v) is 5.68.